The first-order chi connectivity index (χ1) is 10.5. The van der Waals surface area contributed by atoms with Gasteiger partial charge in [-0.2, -0.15) is 0 Å². The predicted octanol–water partition coefficient (Wildman–Crippen LogP) is 4.53. The Kier molecular flexibility index (Phi) is 3.41. The maximum absolute atomic E-state index is 11.6. The molecule has 0 amide bonds. The lowest BCUT2D eigenvalue weighted by molar-refractivity contribution is 0.0699. The zero-order valence-corrected chi connectivity index (χ0v) is 12.8. The molecule has 0 aliphatic heterocycles. The fraction of sp³-hybridized carbons (Fsp3) is 0.158. The fourth-order valence-electron chi connectivity index (χ4n) is 2.67. The van der Waals surface area contributed by atoms with Crippen molar-refractivity contribution in [2.75, 3.05) is 0 Å². The highest BCUT2D eigenvalue weighted by molar-refractivity contribution is 6.04. The monoisotopic (exact) mass is 291 g/mol. The summed E-state index contributed by atoms with van der Waals surface area (Å²) in [7, 11) is 0. The summed E-state index contributed by atoms with van der Waals surface area (Å²) in [4.78, 5) is 16.3. The zero-order chi connectivity index (χ0) is 15.9. The van der Waals surface area contributed by atoms with Crippen LogP contribution in [-0.2, 0) is 0 Å². The molecule has 0 aliphatic rings. The highest BCUT2D eigenvalue weighted by Gasteiger charge is 2.14. The lowest BCUT2D eigenvalue weighted by Gasteiger charge is -2.10. The van der Waals surface area contributed by atoms with E-state index < -0.39 is 5.97 Å². The van der Waals surface area contributed by atoms with Crippen LogP contribution in [-0.4, -0.2) is 16.1 Å². The molecule has 1 N–H and O–H groups in total. The molecular weight excluding hydrogens is 274 g/mol. The fourth-order valence-corrected chi connectivity index (χ4v) is 2.67. The summed E-state index contributed by atoms with van der Waals surface area (Å²) >= 11 is 0. The molecule has 0 atom stereocenters. The van der Waals surface area contributed by atoms with Gasteiger partial charge in [-0.25, -0.2) is 9.78 Å². The highest BCUT2D eigenvalue weighted by atomic mass is 16.4. The van der Waals surface area contributed by atoms with Crippen molar-refractivity contribution >= 4 is 16.9 Å². The molecule has 1 aromatic heterocycles. The van der Waals surface area contributed by atoms with Crippen LogP contribution in [0.5, 0.6) is 0 Å². The number of rotatable bonds is 2. The number of carbonyl (C=O) groups is 1. The van der Waals surface area contributed by atoms with Crippen LogP contribution in [0.15, 0.2) is 42.5 Å². The lowest BCUT2D eigenvalue weighted by atomic mass is 9.99. The molecule has 0 bridgehead atoms. The van der Waals surface area contributed by atoms with Crippen LogP contribution in [0.3, 0.4) is 0 Å². The van der Waals surface area contributed by atoms with Gasteiger partial charge in [-0.1, -0.05) is 29.3 Å². The average Bonchev–Trinajstić information content (AvgIpc) is 2.48. The maximum Gasteiger partial charge on any atom is 0.336 e. The van der Waals surface area contributed by atoms with Crippen molar-refractivity contribution in [2.45, 2.75) is 20.8 Å². The van der Waals surface area contributed by atoms with Crippen LogP contribution in [0.4, 0.5) is 0 Å². The van der Waals surface area contributed by atoms with Crippen molar-refractivity contribution in [1.82, 2.24) is 4.98 Å². The quantitative estimate of drug-likeness (QED) is 0.755. The number of aryl methyl sites for hydroxylation is 3. The summed E-state index contributed by atoms with van der Waals surface area (Å²) in [6.45, 7) is 5.98. The van der Waals surface area contributed by atoms with Gasteiger partial charge in [0.1, 0.15) is 0 Å². The molecule has 3 nitrogen and oxygen atoms in total. The zero-order valence-electron chi connectivity index (χ0n) is 12.8. The van der Waals surface area contributed by atoms with Gasteiger partial charge in [0.15, 0.2) is 0 Å². The number of pyridine rings is 1. The molecule has 22 heavy (non-hydrogen) atoms. The molecule has 3 aromatic rings. The largest absolute Gasteiger partial charge is 0.478 e. The number of nitrogens with zero attached hydrogens (tertiary/aromatic N) is 1. The Bertz CT molecular complexity index is 897. The second kappa shape index (κ2) is 5.26. The minimum absolute atomic E-state index is 0.296. The molecule has 0 aliphatic carbocycles. The smallest absolute Gasteiger partial charge is 0.336 e. The van der Waals surface area contributed by atoms with Crippen LogP contribution < -0.4 is 0 Å². The Labute approximate surface area is 129 Å². The summed E-state index contributed by atoms with van der Waals surface area (Å²) in [6.07, 6.45) is 0. The van der Waals surface area contributed by atoms with Crippen molar-refractivity contribution < 1.29 is 9.90 Å². The van der Waals surface area contributed by atoms with Gasteiger partial charge in [-0.3, -0.25) is 0 Å². The number of hydrogen-bond acceptors (Lipinski definition) is 2. The van der Waals surface area contributed by atoms with E-state index in [9.17, 15) is 9.90 Å². The third kappa shape index (κ3) is 2.46. The molecular formula is C19H17NO2. The molecule has 1 heterocycles. The summed E-state index contributed by atoms with van der Waals surface area (Å²) in [5, 5.41) is 10.2. The minimum atomic E-state index is -0.926. The van der Waals surface area contributed by atoms with Crippen molar-refractivity contribution in [2.24, 2.45) is 0 Å². The van der Waals surface area contributed by atoms with Crippen molar-refractivity contribution in [3.8, 4) is 11.3 Å². The Hall–Kier alpha value is -2.68. The van der Waals surface area contributed by atoms with E-state index in [0.29, 0.717) is 22.2 Å². The topological polar surface area (TPSA) is 50.2 Å². The third-order valence-electron chi connectivity index (χ3n) is 3.86. The maximum atomic E-state index is 11.6. The van der Waals surface area contributed by atoms with Gasteiger partial charge in [-0.05, 0) is 50.6 Å². The molecule has 3 heteroatoms. The Balaban J connectivity index is 2.34. The van der Waals surface area contributed by atoms with E-state index in [4.69, 9.17) is 0 Å². The van der Waals surface area contributed by atoms with Crippen LogP contribution in [0.25, 0.3) is 22.2 Å². The van der Waals surface area contributed by atoms with E-state index in [1.165, 1.54) is 0 Å². The van der Waals surface area contributed by atoms with Gasteiger partial charge < -0.3 is 5.11 Å². The Morgan fingerprint density at radius 1 is 0.955 bits per heavy atom. The van der Waals surface area contributed by atoms with E-state index in [-0.39, 0.29) is 0 Å². The number of aromatic nitrogens is 1. The van der Waals surface area contributed by atoms with E-state index in [0.717, 1.165) is 22.3 Å². The molecule has 0 fully saturated rings. The molecule has 0 saturated heterocycles. The summed E-state index contributed by atoms with van der Waals surface area (Å²) in [5.41, 5.74) is 5.92. The van der Waals surface area contributed by atoms with Gasteiger partial charge in [-0.15, -0.1) is 0 Å². The number of hydrogen-bond donors (Lipinski definition) is 1. The van der Waals surface area contributed by atoms with Gasteiger partial charge in [0.25, 0.3) is 0 Å². The number of aromatic carboxylic acids is 1. The molecule has 110 valence electrons. The Morgan fingerprint density at radius 3 is 2.36 bits per heavy atom. The third-order valence-corrected chi connectivity index (χ3v) is 3.86. The second-order valence-electron chi connectivity index (χ2n) is 5.70. The molecule has 0 spiro atoms. The predicted molar refractivity (Wildman–Crippen MR) is 88.3 cm³/mol. The normalized spacial score (nSPS) is 10.9. The van der Waals surface area contributed by atoms with Gasteiger partial charge in [0.05, 0.1) is 16.8 Å². The van der Waals surface area contributed by atoms with Crippen LogP contribution >= 0.6 is 0 Å². The number of carboxylic acid groups (broad SMARTS) is 1. The van der Waals surface area contributed by atoms with Gasteiger partial charge in [0.2, 0.25) is 0 Å². The van der Waals surface area contributed by atoms with Gasteiger partial charge >= 0.3 is 5.97 Å². The summed E-state index contributed by atoms with van der Waals surface area (Å²) < 4.78 is 0. The van der Waals surface area contributed by atoms with Gasteiger partial charge in [0, 0.05) is 10.9 Å². The van der Waals surface area contributed by atoms with Crippen molar-refractivity contribution in [3.05, 3.63) is 64.7 Å². The average molecular weight is 291 g/mol. The molecule has 3 rings (SSSR count). The van der Waals surface area contributed by atoms with E-state index in [2.05, 4.69) is 4.98 Å². The van der Waals surface area contributed by atoms with E-state index in [1.54, 1.807) is 6.07 Å². The van der Waals surface area contributed by atoms with E-state index >= 15 is 0 Å². The first kappa shape index (κ1) is 14.3. The molecule has 0 saturated carbocycles. The first-order valence-corrected chi connectivity index (χ1v) is 7.18. The first-order valence-electron chi connectivity index (χ1n) is 7.18. The summed E-state index contributed by atoms with van der Waals surface area (Å²) in [5.74, 6) is -0.926. The Morgan fingerprint density at radius 2 is 1.64 bits per heavy atom. The number of benzene rings is 2. The van der Waals surface area contributed by atoms with Crippen molar-refractivity contribution in [3.63, 3.8) is 0 Å². The number of carboxylic acids is 1. The summed E-state index contributed by atoms with van der Waals surface area (Å²) in [6, 6.07) is 13.5. The van der Waals surface area contributed by atoms with Crippen molar-refractivity contribution in [1.29, 1.82) is 0 Å². The second-order valence-corrected chi connectivity index (χ2v) is 5.70. The standard InChI is InChI=1S/C19H17NO2/c1-11-4-6-13(3)14(8-11)18-10-16(19(21)22)15-9-12(2)5-7-17(15)20-18/h4-10H,1-3H3,(H,21,22). The number of fused-ring (bicyclic) bond motifs is 1. The van der Waals surface area contributed by atoms with Crippen LogP contribution in [0.1, 0.15) is 27.0 Å². The highest BCUT2D eigenvalue weighted by Crippen LogP contribution is 2.28. The molecule has 0 unspecified atom stereocenters. The lowest BCUT2D eigenvalue weighted by Crippen LogP contribution is -2.01. The molecule has 0 radical (unpaired) electrons. The van der Waals surface area contributed by atoms with Crippen LogP contribution in [0, 0.1) is 20.8 Å². The SMILES string of the molecule is Cc1ccc(C)c(-c2cc(C(=O)O)c3cc(C)ccc3n2)c1. The van der Waals surface area contributed by atoms with Crippen LogP contribution in [0.2, 0.25) is 0 Å². The molecule has 2 aromatic carbocycles. The van der Waals surface area contributed by atoms with E-state index in [1.807, 2.05) is 57.2 Å². The minimum Gasteiger partial charge on any atom is -0.478 e.